The molecular formula is C22H27N3O. The standard InChI is InChI=1S/C22H27N3O/c1-7-16(4)24-22(26)20(13-23)12-19-11-17(5)25(18(19)6)21-9-8-14(2)15(3)10-21/h8-12,16H,7H2,1-6H3,(H,24,26)/b20-12+/t16-/m0/s1. The molecule has 4 nitrogen and oxygen atoms in total. The molecule has 0 saturated heterocycles. The molecule has 136 valence electrons. The van der Waals surface area contributed by atoms with Crippen molar-refractivity contribution < 1.29 is 4.79 Å². The Hall–Kier alpha value is -2.80. The van der Waals surface area contributed by atoms with Gasteiger partial charge in [0.05, 0.1) is 0 Å². The number of hydrogen-bond acceptors (Lipinski definition) is 2. The second kappa shape index (κ2) is 8.05. The van der Waals surface area contributed by atoms with Crippen LogP contribution in [0.2, 0.25) is 0 Å². The van der Waals surface area contributed by atoms with Crippen molar-refractivity contribution in [3.05, 3.63) is 57.9 Å². The average Bonchev–Trinajstić information content (AvgIpc) is 2.88. The van der Waals surface area contributed by atoms with Gasteiger partial charge in [-0.25, -0.2) is 0 Å². The summed E-state index contributed by atoms with van der Waals surface area (Å²) >= 11 is 0. The van der Waals surface area contributed by atoms with Crippen LogP contribution in [0, 0.1) is 39.0 Å². The van der Waals surface area contributed by atoms with Crippen LogP contribution in [0.3, 0.4) is 0 Å². The van der Waals surface area contributed by atoms with Gasteiger partial charge >= 0.3 is 0 Å². The van der Waals surface area contributed by atoms with Gasteiger partial charge in [0.25, 0.3) is 5.91 Å². The minimum absolute atomic E-state index is 0.0437. The summed E-state index contributed by atoms with van der Waals surface area (Å²) in [7, 11) is 0. The van der Waals surface area contributed by atoms with Crippen molar-refractivity contribution >= 4 is 12.0 Å². The lowest BCUT2D eigenvalue weighted by Crippen LogP contribution is -2.32. The predicted molar refractivity (Wildman–Crippen MR) is 106 cm³/mol. The first kappa shape index (κ1) is 19.5. The van der Waals surface area contributed by atoms with Crippen LogP contribution in [0.4, 0.5) is 0 Å². The molecule has 1 aromatic carbocycles. The maximum atomic E-state index is 12.3. The average molecular weight is 349 g/mol. The van der Waals surface area contributed by atoms with Gasteiger partial charge in [0, 0.05) is 23.1 Å². The molecule has 1 amide bonds. The predicted octanol–water partition coefficient (Wildman–Crippen LogP) is 4.53. The number of benzene rings is 1. The van der Waals surface area contributed by atoms with Crippen LogP contribution < -0.4 is 5.32 Å². The molecule has 0 aliphatic rings. The van der Waals surface area contributed by atoms with Crippen LogP contribution in [-0.2, 0) is 4.79 Å². The van der Waals surface area contributed by atoms with Crippen molar-refractivity contribution in [1.82, 2.24) is 9.88 Å². The summed E-state index contributed by atoms with van der Waals surface area (Å²) in [6.07, 6.45) is 2.50. The molecule has 0 bridgehead atoms. The van der Waals surface area contributed by atoms with Crippen molar-refractivity contribution in [2.45, 2.75) is 54.0 Å². The lowest BCUT2D eigenvalue weighted by Gasteiger charge is -2.12. The Bertz CT molecular complexity index is 897. The summed E-state index contributed by atoms with van der Waals surface area (Å²) in [6.45, 7) is 12.2. The Morgan fingerprint density at radius 3 is 2.50 bits per heavy atom. The first-order valence-electron chi connectivity index (χ1n) is 8.97. The Morgan fingerprint density at radius 1 is 1.23 bits per heavy atom. The molecule has 0 saturated carbocycles. The van der Waals surface area contributed by atoms with E-state index in [1.54, 1.807) is 6.08 Å². The third-order valence-electron chi connectivity index (χ3n) is 4.87. The molecule has 1 N–H and O–H groups in total. The summed E-state index contributed by atoms with van der Waals surface area (Å²) in [4.78, 5) is 12.3. The van der Waals surface area contributed by atoms with E-state index in [1.165, 1.54) is 11.1 Å². The van der Waals surface area contributed by atoms with E-state index >= 15 is 0 Å². The lowest BCUT2D eigenvalue weighted by atomic mass is 10.1. The van der Waals surface area contributed by atoms with Crippen molar-refractivity contribution in [2.75, 3.05) is 0 Å². The molecule has 2 rings (SSSR count). The van der Waals surface area contributed by atoms with Crippen molar-refractivity contribution in [2.24, 2.45) is 0 Å². The molecule has 0 spiro atoms. The van der Waals surface area contributed by atoms with E-state index in [2.05, 4.69) is 41.9 Å². The number of aryl methyl sites for hydroxylation is 3. The number of hydrogen-bond donors (Lipinski definition) is 1. The Morgan fingerprint density at radius 2 is 1.92 bits per heavy atom. The van der Waals surface area contributed by atoms with E-state index in [1.807, 2.05) is 39.8 Å². The van der Waals surface area contributed by atoms with Gasteiger partial charge in [-0.2, -0.15) is 5.26 Å². The molecule has 4 heteroatoms. The number of carbonyl (C=O) groups is 1. The Kier molecular flexibility index (Phi) is 6.05. The SMILES string of the molecule is CC[C@H](C)NC(=O)/C(C#N)=C/c1cc(C)n(-c2ccc(C)c(C)c2)c1C. The largest absolute Gasteiger partial charge is 0.349 e. The molecule has 1 atom stereocenters. The van der Waals surface area contributed by atoms with Crippen LogP contribution in [0.1, 0.15) is 48.3 Å². The topological polar surface area (TPSA) is 57.8 Å². The van der Waals surface area contributed by atoms with E-state index < -0.39 is 0 Å². The van der Waals surface area contributed by atoms with E-state index in [0.29, 0.717) is 0 Å². The fourth-order valence-electron chi connectivity index (χ4n) is 2.90. The fraction of sp³-hybridized carbons (Fsp3) is 0.364. The van der Waals surface area contributed by atoms with Crippen molar-refractivity contribution in [3.63, 3.8) is 0 Å². The van der Waals surface area contributed by atoms with Gasteiger partial charge in [-0.1, -0.05) is 13.0 Å². The van der Waals surface area contributed by atoms with Gasteiger partial charge in [-0.05, 0) is 82.0 Å². The second-order valence-electron chi connectivity index (χ2n) is 6.88. The Balaban J connectivity index is 2.44. The minimum atomic E-state index is -0.321. The number of amides is 1. The molecule has 1 heterocycles. The van der Waals surface area contributed by atoms with Crippen LogP contribution in [0.25, 0.3) is 11.8 Å². The highest BCUT2D eigenvalue weighted by atomic mass is 16.1. The van der Waals surface area contributed by atoms with Gasteiger partial charge < -0.3 is 9.88 Å². The summed E-state index contributed by atoms with van der Waals surface area (Å²) in [5.41, 5.74) is 6.67. The highest BCUT2D eigenvalue weighted by molar-refractivity contribution is 6.02. The summed E-state index contributed by atoms with van der Waals surface area (Å²) < 4.78 is 2.15. The van der Waals surface area contributed by atoms with Gasteiger partial charge in [0.15, 0.2) is 0 Å². The third-order valence-corrected chi connectivity index (χ3v) is 4.87. The number of nitriles is 1. The summed E-state index contributed by atoms with van der Waals surface area (Å²) in [5, 5.41) is 12.3. The highest BCUT2D eigenvalue weighted by Gasteiger charge is 2.15. The zero-order chi connectivity index (χ0) is 19.4. The first-order valence-corrected chi connectivity index (χ1v) is 8.97. The number of rotatable bonds is 5. The highest BCUT2D eigenvalue weighted by Crippen LogP contribution is 2.24. The maximum Gasteiger partial charge on any atom is 0.262 e. The quantitative estimate of drug-likeness (QED) is 0.637. The smallest absolute Gasteiger partial charge is 0.262 e. The molecule has 0 aliphatic carbocycles. The zero-order valence-corrected chi connectivity index (χ0v) is 16.5. The molecule has 0 fully saturated rings. The third kappa shape index (κ3) is 4.05. The second-order valence-corrected chi connectivity index (χ2v) is 6.88. The van der Waals surface area contributed by atoms with Crippen LogP contribution in [0.5, 0.6) is 0 Å². The van der Waals surface area contributed by atoms with E-state index in [9.17, 15) is 10.1 Å². The van der Waals surface area contributed by atoms with E-state index in [-0.39, 0.29) is 17.5 Å². The van der Waals surface area contributed by atoms with E-state index in [0.717, 1.165) is 29.1 Å². The van der Waals surface area contributed by atoms with E-state index in [4.69, 9.17) is 0 Å². The molecule has 0 aliphatic heterocycles. The molecule has 0 radical (unpaired) electrons. The molecule has 0 unspecified atom stereocenters. The van der Waals surface area contributed by atoms with Gasteiger partial charge in [-0.15, -0.1) is 0 Å². The van der Waals surface area contributed by atoms with Crippen LogP contribution in [-0.4, -0.2) is 16.5 Å². The zero-order valence-electron chi connectivity index (χ0n) is 16.5. The van der Waals surface area contributed by atoms with Crippen molar-refractivity contribution in [1.29, 1.82) is 5.26 Å². The van der Waals surface area contributed by atoms with Gasteiger partial charge in [0.2, 0.25) is 0 Å². The number of nitrogens with one attached hydrogen (secondary N) is 1. The van der Waals surface area contributed by atoms with Crippen LogP contribution in [0.15, 0.2) is 29.8 Å². The van der Waals surface area contributed by atoms with Gasteiger partial charge in [-0.3, -0.25) is 4.79 Å². The first-order chi connectivity index (χ1) is 12.3. The summed E-state index contributed by atoms with van der Waals surface area (Å²) in [5.74, 6) is -0.321. The normalized spacial score (nSPS) is 12.6. The Labute approximate surface area is 156 Å². The monoisotopic (exact) mass is 349 g/mol. The minimum Gasteiger partial charge on any atom is -0.349 e. The fourth-order valence-corrected chi connectivity index (χ4v) is 2.90. The van der Waals surface area contributed by atoms with Crippen molar-refractivity contribution in [3.8, 4) is 11.8 Å². The number of nitrogens with zero attached hydrogens (tertiary/aromatic N) is 2. The number of carbonyl (C=O) groups excluding carboxylic acids is 1. The molecule has 2 aromatic rings. The van der Waals surface area contributed by atoms with Gasteiger partial charge in [0.1, 0.15) is 11.6 Å². The molecule has 1 aromatic heterocycles. The summed E-state index contributed by atoms with van der Waals surface area (Å²) in [6, 6.07) is 10.4. The number of aromatic nitrogens is 1. The molecular weight excluding hydrogens is 322 g/mol. The lowest BCUT2D eigenvalue weighted by molar-refractivity contribution is -0.117. The van der Waals surface area contributed by atoms with Crippen LogP contribution >= 0.6 is 0 Å². The molecule has 26 heavy (non-hydrogen) atoms. The maximum absolute atomic E-state index is 12.3.